The molecule has 2 nitrogen and oxygen atoms in total. The fourth-order valence-corrected chi connectivity index (χ4v) is 2.36. The van der Waals surface area contributed by atoms with E-state index < -0.39 is 0 Å². The van der Waals surface area contributed by atoms with E-state index >= 15 is 0 Å². The van der Waals surface area contributed by atoms with Crippen LogP contribution >= 0.6 is 0 Å². The zero-order valence-corrected chi connectivity index (χ0v) is 12.1. The molecule has 1 aromatic carbocycles. The molecule has 0 radical (unpaired) electrons. The molecule has 0 aliphatic rings. The predicted octanol–water partition coefficient (Wildman–Crippen LogP) is 3.62. The van der Waals surface area contributed by atoms with Crippen LogP contribution in [-0.4, -0.2) is 14.2 Å². The number of rotatable bonds is 3. The fourth-order valence-electron chi connectivity index (χ4n) is 2.36. The van der Waals surface area contributed by atoms with Gasteiger partial charge in [-0.2, -0.15) is 0 Å². The highest BCUT2D eigenvalue weighted by molar-refractivity contribution is 5.47. The molecular formula is C15H25NO. The van der Waals surface area contributed by atoms with Gasteiger partial charge in [-0.1, -0.05) is 32.9 Å². The lowest BCUT2D eigenvalue weighted by Crippen LogP contribution is -2.30. The summed E-state index contributed by atoms with van der Waals surface area (Å²) in [6, 6.07) is 4.63. The molecule has 0 aromatic heterocycles. The highest BCUT2D eigenvalue weighted by Crippen LogP contribution is 2.39. The molecular weight excluding hydrogens is 210 g/mol. The number of ether oxygens (including phenoxy) is 1. The molecule has 0 saturated carbocycles. The summed E-state index contributed by atoms with van der Waals surface area (Å²) >= 11 is 0. The van der Waals surface area contributed by atoms with Crippen molar-refractivity contribution < 1.29 is 4.74 Å². The maximum atomic E-state index is 5.59. The molecule has 1 atom stereocenters. The molecule has 96 valence electrons. The number of aryl methyl sites for hydroxylation is 1. The van der Waals surface area contributed by atoms with Crippen molar-refractivity contribution in [3.63, 3.8) is 0 Å². The first-order valence-electron chi connectivity index (χ1n) is 6.14. The minimum Gasteiger partial charge on any atom is -0.496 e. The highest BCUT2D eigenvalue weighted by Gasteiger charge is 2.27. The molecule has 0 amide bonds. The summed E-state index contributed by atoms with van der Waals surface area (Å²) < 4.78 is 5.59. The van der Waals surface area contributed by atoms with Crippen molar-refractivity contribution in [2.75, 3.05) is 14.2 Å². The Labute approximate surface area is 105 Å². The number of hydrogen-bond donors (Lipinski definition) is 1. The maximum Gasteiger partial charge on any atom is 0.126 e. The third-order valence-electron chi connectivity index (χ3n) is 3.38. The van der Waals surface area contributed by atoms with Crippen molar-refractivity contribution in [1.82, 2.24) is 5.32 Å². The van der Waals surface area contributed by atoms with E-state index in [0.29, 0.717) is 0 Å². The van der Waals surface area contributed by atoms with E-state index in [1.54, 1.807) is 7.11 Å². The Hall–Kier alpha value is -1.02. The summed E-state index contributed by atoms with van der Waals surface area (Å²) in [5, 5.41) is 3.40. The van der Waals surface area contributed by atoms with Crippen molar-refractivity contribution >= 4 is 0 Å². The average molecular weight is 235 g/mol. The first kappa shape index (κ1) is 14.0. The van der Waals surface area contributed by atoms with E-state index in [1.165, 1.54) is 16.7 Å². The largest absolute Gasteiger partial charge is 0.496 e. The molecule has 0 heterocycles. The zero-order valence-electron chi connectivity index (χ0n) is 12.1. The van der Waals surface area contributed by atoms with Gasteiger partial charge in [0.1, 0.15) is 5.75 Å². The molecule has 0 bridgehead atoms. The number of benzene rings is 1. The summed E-state index contributed by atoms with van der Waals surface area (Å²) in [4.78, 5) is 0. The van der Waals surface area contributed by atoms with Crippen LogP contribution in [0.4, 0.5) is 0 Å². The van der Waals surface area contributed by atoms with Gasteiger partial charge in [0.15, 0.2) is 0 Å². The lowest BCUT2D eigenvalue weighted by atomic mass is 9.81. The van der Waals surface area contributed by atoms with Gasteiger partial charge in [0.2, 0.25) is 0 Å². The summed E-state index contributed by atoms with van der Waals surface area (Å²) in [6.07, 6.45) is 0. The van der Waals surface area contributed by atoms with Crippen LogP contribution in [0.5, 0.6) is 5.75 Å². The van der Waals surface area contributed by atoms with Crippen LogP contribution in [0.1, 0.15) is 43.5 Å². The molecule has 0 spiro atoms. The molecule has 17 heavy (non-hydrogen) atoms. The fraction of sp³-hybridized carbons (Fsp3) is 0.600. The summed E-state index contributed by atoms with van der Waals surface area (Å²) in [5.41, 5.74) is 3.90. The Morgan fingerprint density at radius 3 is 2.18 bits per heavy atom. The smallest absolute Gasteiger partial charge is 0.126 e. The van der Waals surface area contributed by atoms with E-state index in [9.17, 15) is 0 Å². The van der Waals surface area contributed by atoms with Gasteiger partial charge < -0.3 is 10.1 Å². The van der Waals surface area contributed by atoms with Gasteiger partial charge in [0, 0.05) is 11.6 Å². The van der Waals surface area contributed by atoms with E-state index in [-0.39, 0.29) is 11.5 Å². The van der Waals surface area contributed by atoms with Gasteiger partial charge in [-0.15, -0.1) is 0 Å². The van der Waals surface area contributed by atoms with Gasteiger partial charge in [-0.3, -0.25) is 0 Å². The Kier molecular flexibility index (Phi) is 4.21. The lowest BCUT2D eigenvalue weighted by molar-refractivity contribution is 0.277. The first-order valence-corrected chi connectivity index (χ1v) is 6.14. The molecule has 1 unspecified atom stereocenters. The Balaban J connectivity index is 3.35. The van der Waals surface area contributed by atoms with Crippen LogP contribution in [0.25, 0.3) is 0 Å². The monoisotopic (exact) mass is 235 g/mol. The summed E-state index contributed by atoms with van der Waals surface area (Å²) in [5.74, 6) is 1.01. The third-order valence-corrected chi connectivity index (χ3v) is 3.38. The van der Waals surface area contributed by atoms with Gasteiger partial charge in [0.05, 0.1) is 7.11 Å². The Bertz CT molecular complexity index is 391. The van der Waals surface area contributed by atoms with Crippen LogP contribution < -0.4 is 10.1 Å². The van der Waals surface area contributed by atoms with E-state index in [4.69, 9.17) is 4.74 Å². The Morgan fingerprint density at radius 1 is 1.18 bits per heavy atom. The molecule has 1 aromatic rings. The van der Waals surface area contributed by atoms with Crippen LogP contribution in [-0.2, 0) is 0 Å². The molecule has 0 saturated heterocycles. The van der Waals surface area contributed by atoms with Crippen molar-refractivity contribution in [1.29, 1.82) is 0 Å². The number of hydrogen-bond acceptors (Lipinski definition) is 2. The van der Waals surface area contributed by atoms with E-state index in [0.717, 1.165) is 5.75 Å². The zero-order chi connectivity index (χ0) is 13.2. The minimum absolute atomic E-state index is 0.156. The van der Waals surface area contributed by atoms with Crippen molar-refractivity contribution in [2.45, 2.75) is 40.7 Å². The standard InChI is InChI=1S/C15H25NO/c1-10-8-9-12(13(17-7)11(10)2)14(16-6)15(3,4)5/h8-9,14,16H,1-7H3. The van der Waals surface area contributed by atoms with Crippen molar-refractivity contribution in [3.8, 4) is 5.75 Å². The van der Waals surface area contributed by atoms with Gasteiger partial charge in [-0.25, -0.2) is 0 Å². The van der Waals surface area contributed by atoms with Crippen molar-refractivity contribution in [2.24, 2.45) is 5.41 Å². The SMILES string of the molecule is CNC(c1ccc(C)c(C)c1OC)C(C)(C)C. The number of nitrogens with one attached hydrogen (secondary N) is 1. The van der Waals surface area contributed by atoms with Crippen LogP contribution in [0, 0.1) is 19.3 Å². The first-order chi connectivity index (χ1) is 7.82. The van der Waals surface area contributed by atoms with Gasteiger partial charge in [-0.05, 0) is 37.4 Å². The average Bonchev–Trinajstić information content (AvgIpc) is 2.22. The Morgan fingerprint density at radius 2 is 1.76 bits per heavy atom. The predicted molar refractivity (Wildman–Crippen MR) is 73.7 cm³/mol. The normalized spacial score (nSPS) is 13.6. The summed E-state index contributed by atoms with van der Waals surface area (Å²) in [7, 11) is 3.76. The molecule has 0 aliphatic carbocycles. The lowest BCUT2D eigenvalue weighted by Gasteiger charge is -2.32. The molecule has 2 heteroatoms. The second kappa shape index (κ2) is 5.09. The molecule has 0 aliphatic heterocycles. The molecule has 1 N–H and O–H groups in total. The topological polar surface area (TPSA) is 21.3 Å². The third kappa shape index (κ3) is 2.81. The van der Waals surface area contributed by atoms with Crippen LogP contribution in [0.15, 0.2) is 12.1 Å². The summed E-state index contributed by atoms with van der Waals surface area (Å²) in [6.45, 7) is 11.0. The molecule has 1 rings (SSSR count). The second-order valence-corrected chi connectivity index (χ2v) is 5.72. The van der Waals surface area contributed by atoms with Crippen molar-refractivity contribution in [3.05, 3.63) is 28.8 Å². The number of methoxy groups -OCH3 is 1. The van der Waals surface area contributed by atoms with E-state index in [1.807, 2.05) is 7.05 Å². The minimum atomic E-state index is 0.156. The second-order valence-electron chi connectivity index (χ2n) is 5.72. The van der Waals surface area contributed by atoms with Crippen LogP contribution in [0.2, 0.25) is 0 Å². The van der Waals surface area contributed by atoms with Crippen LogP contribution in [0.3, 0.4) is 0 Å². The van der Waals surface area contributed by atoms with E-state index in [2.05, 4.69) is 52.1 Å². The highest BCUT2D eigenvalue weighted by atomic mass is 16.5. The van der Waals surface area contributed by atoms with Gasteiger partial charge >= 0.3 is 0 Å². The maximum absolute atomic E-state index is 5.59. The quantitative estimate of drug-likeness (QED) is 0.864. The van der Waals surface area contributed by atoms with Gasteiger partial charge in [0.25, 0.3) is 0 Å². The molecule has 0 fully saturated rings.